The zero-order chi connectivity index (χ0) is 20.9. The minimum atomic E-state index is -1.40. The number of hydrogen-bond acceptors (Lipinski definition) is 5. The number of nitro groups is 1. The lowest BCUT2D eigenvalue weighted by Gasteiger charge is -2.26. The molecular weight excluding hydrogens is 368 g/mol. The predicted molar refractivity (Wildman–Crippen MR) is 109 cm³/mol. The van der Waals surface area contributed by atoms with E-state index in [0.29, 0.717) is 6.42 Å². The molecule has 0 radical (unpaired) electrons. The second kappa shape index (κ2) is 14.0. The summed E-state index contributed by atoms with van der Waals surface area (Å²) < 4.78 is 19.8. The summed E-state index contributed by atoms with van der Waals surface area (Å²) in [7, 11) is -1.40. The van der Waals surface area contributed by atoms with Crippen LogP contribution < -0.4 is 4.72 Å². The average molecular weight is 407 g/mol. The number of carbonyl (C=O) groups excluding carboxylic acids is 1. The van der Waals surface area contributed by atoms with Gasteiger partial charge in [0, 0.05) is 11.3 Å². The highest BCUT2D eigenvalue weighted by molar-refractivity contribution is 7.84. The highest BCUT2D eigenvalue weighted by Gasteiger charge is 2.35. The minimum Gasteiger partial charge on any atom is -0.466 e. The van der Waals surface area contributed by atoms with Gasteiger partial charge in [0.15, 0.2) is 0 Å². The van der Waals surface area contributed by atoms with Gasteiger partial charge >= 0.3 is 5.97 Å². The van der Waals surface area contributed by atoms with Gasteiger partial charge in [-0.1, -0.05) is 45.4 Å². The van der Waals surface area contributed by atoms with Crippen molar-refractivity contribution in [2.75, 3.05) is 6.61 Å². The Morgan fingerprint density at radius 1 is 1.11 bits per heavy atom. The molecule has 0 aliphatic heterocycles. The first kappa shape index (κ1) is 26.0. The summed E-state index contributed by atoms with van der Waals surface area (Å²) in [6.45, 7) is 9.62. The van der Waals surface area contributed by atoms with Crippen molar-refractivity contribution in [3.05, 3.63) is 10.1 Å². The highest BCUT2D eigenvalue weighted by atomic mass is 32.2. The zero-order valence-electron chi connectivity index (χ0n) is 17.6. The van der Waals surface area contributed by atoms with Crippen LogP contribution in [-0.2, 0) is 20.5 Å². The molecule has 7 nitrogen and oxygen atoms in total. The molecule has 0 aromatic heterocycles. The van der Waals surface area contributed by atoms with Crippen molar-refractivity contribution in [3.63, 3.8) is 0 Å². The lowest BCUT2D eigenvalue weighted by Crippen LogP contribution is -2.48. The molecule has 0 saturated carbocycles. The van der Waals surface area contributed by atoms with Crippen LogP contribution in [0.25, 0.3) is 0 Å². The number of ether oxygens (including phenoxy) is 1. The van der Waals surface area contributed by atoms with Gasteiger partial charge in [0.2, 0.25) is 6.04 Å². The molecule has 0 aliphatic carbocycles. The van der Waals surface area contributed by atoms with E-state index in [4.69, 9.17) is 4.74 Å². The highest BCUT2D eigenvalue weighted by Crippen LogP contribution is 2.18. The Balaban J connectivity index is 4.93. The quantitative estimate of drug-likeness (QED) is 0.191. The third kappa shape index (κ3) is 12.1. The van der Waals surface area contributed by atoms with Gasteiger partial charge in [0.25, 0.3) is 0 Å². The minimum absolute atomic E-state index is 0.00365. The first-order valence-electron chi connectivity index (χ1n) is 10.1. The number of hydrogen-bond donors (Lipinski definition) is 1. The van der Waals surface area contributed by atoms with Crippen LogP contribution in [-0.4, -0.2) is 38.5 Å². The van der Waals surface area contributed by atoms with Crippen molar-refractivity contribution in [2.45, 2.75) is 109 Å². The van der Waals surface area contributed by atoms with Crippen LogP contribution in [0.4, 0.5) is 0 Å². The van der Waals surface area contributed by atoms with E-state index < -0.39 is 33.8 Å². The molecule has 0 fully saturated rings. The zero-order valence-corrected chi connectivity index (χ0v) is 18.4. The van der Waals surface area contributed by atoms with E-state index in [1.807, 2.05) is 20.8 Å². The summed E-state index contributed by atoms with van der Waals surface area (Å²) in [6.07, 6.45) is 7.15. The molecule has 0 saturated heterocycles. The van der Waals surface area contributed by atoms with Crippen molar-refractivity contribution < 1.29 is 18.7 Å². The molecule has 0 amide bonds. The molecule has 0 rings (SSSR count). The van der Waals surface area contributed by atoms with Crippen LogP contribution in [0.2, 0.25) is 0 Å². The third-order valence-electron chi connectivity index (χ3n) is 4.37. The fourth-order valence-electron chi connectivity index (χ4n) is 2.74. The van der Waals surface area contributed by atoms with E-state index in [9.17, 15) is 19.1 Å². The van der Waals surface area contributed by atoms with Crippen molar-refractivity contribution in [2.24, 2.45) is 0 Å². The van der Waals surface area contributed by atoms with Gasteiger partial charge in [-0.2, -0.15) is 0 Å². The largest absolute Gasteiger partial charge is 0.466 e. The summed E-state index contributed by atoms with van der Waals surface area (Å²) >= 11 is 0. The number of nitrogens with one attached hydrogen (secondary N) is 1. The Kier molecular flexibility index (Phi) is 13.5. The van der Waals surface area contributed by atoms with Gasteiger partial charge in [-0.25, -0.2) is 8.93 Å². The monoisotopic (exact) mass is 406 g/mol. The molecule has 0 aliphatic rings. The van der Waals surface area contributed by atoms with Crippen LogP contribution in [0.1, 0.15) is 92.4 Å². The van der Waals surface area contributed by atoms with E-state index in [1.165, 1.54) is 19.3 Å². The SMILES string of the molecule is CCCCCCCC[C@@H](NS(=O)C(C)(C)C)C(CCC(=O)OCC)[N+](=O)[O-]. The lowest BCUT2D eigenvalue weighted by molar-refractivity contribution is -0.527. The fraction of sp³-hybridized carbons (Fsp3) is 0.947. The molecule has 3 atom stereocenters. The number of esters is 1. The Hall–Kier alpha value is -1.02. The lowest BCUT2D eigenvalue weighted by atomic mass is 9.98. The average Bonchev–Trinajstić information content (AvgIpc) is 2.56. The molecule has 2 unspecified atom stereocenters. The van der Waals surface area contributed by atoms with Gasteiger partial charge in [0.1, 0.15) is 0 Å². The van der Waals surface area contributed by atoms with Gasteiger partial charge in [-0.15, -0.1) is 0 Å². The van der Waals surface area contributed by atoms with Gasteiger partial charge in [-0.05, 0) is 34.1 Å². The smallest absolute Gasteiger partial charge is 0.306 e. The van der Waals surface area contributed by atoms with Crippen LogP contribution in [0.5, 0.6) is 0 Å². The van der Waals surface area contributed by atoms with E-state index in [-0.39, 0.29) is 24.4 Å². The molecule has 0 aromatic rings. The van der Waals surface area contributed by atoms with Crippen LogP contribution in [0, 0.1) is 10.1 Å². The number of carbonyl (C=O) groups is 1. The number of rotatable bonds is 15. The van der Waals surface area contributed by atoms with Crippen molar-refractivity contribution in [1.82, 2.24) is 4.72 Å². The van der Waals surface area contributed by atoms with Crippen molar-refractivity contribution >= 4 is 17.0 Å². The summed E-state index contributed by atoms with van der Waals surface area (Å²) in [5.41, 5.74) is 0. The Labute approximate surface area is 166 Å². The Bertz CT molecular complexity index is 466. The predicted octanol–water partition coefficient (Wildman–Crippen LogP) is 4.15. The van der Waals surface area contributed by atoms with Crippen molar-refractivity contribution in [1.29, 1.82) is 0 Å². The standard InChI is InChI=1S/C19H38N2O5S/c1-6-8-9-10-11-12-13-16(20-27(25)19(3,4)5)17(21(23)24)14-15-18(22)26-7-2/h16-17,20H,6-15H2,1-5H3/t16-,17?,27?/m1/s1. The van der Waals surface area contributed by atoms with Gasteiger partial charge in [-0.3, -0.25) is 14.9 Å². The third-order valence-corrected chi connectivity index (χ3v) is 6.00. The normalized spacial score (nSPS) is 15.1. The van der Waals surface area contributed by atoms with Crippen LogP contribution in [0.15, 0.2) is 0 Å². The maximum absolute atomic E-state index is 12.5. The van der Waals surface area contributed by atoms with E-state index in [1.54, 1.807) is 6.92 Å². The second-order valence-electron chi connectivity index (χ2n) is 7.86. The van der Waals surface area contributed by atoms with Gasteiger partial charge < -0.3 is 4.74 Å². The van der Waals surface area contributed by atoms with E-state index >= 15 is 0 Å². The Morgan fingerprint density at radius 3 is 2.22 bits per heavy atom. The summed E-state index contributed by atoms with van der Waals surface area (Å²) in [6, 6.07) is -1.49. The Morgan fingerprint density at radius 2 is 1.70 bits per heavy atom. The molecule has 8 heteroatoms. The summed E-state index contributed by atoms with van der Waals surface area (Å²) in [5.74, 6) is -0.431. The molecule has 0 bridgehead atoms. The van der Waals surface area contributed by atoms with E-state index in [2.05, 4.69) is 11.6 Å². The van der Waals surface area contributed by atoms with Crippen LogP contribution >= 0.6 is 0 Å². The first-order chi connectivity index (χ1) is 12.6. The van der Waals surface area contributed by atoms with E-state index in [0.717, 1.165) is 19.3 Å². The van der Waals surface area contributed by atoms with Crippen LogP contribution in [0.3, 0.4) is 0 Å². The molecule has 27 heavy (non-hydrogen) atoms. The van der Waals surface area contributed by atoms with Crippen molar-refractivity contribution in [3.8, 4) is 0 Å². The second-order valence-corrected chi connectivity index (χ2v) is 9.86. The maximum atomic E-state index is 12.5. The summed E-state index contributed by atoms with van der Waals surface area (Å²) in [4.78, 5) is 22.9. The number of unbranched alkanes of at least 4 members (excludes halogenated alkanes) is 5. The molecule has 160 valence electrons. The molecule has 0 heterocycles. The summed E-state index contributed by atoms with van der Waals surface area (Å²) in [5, 5.41) is 11.6. The molecule has 1 N–H and O–H groups in total. The topological polar surface area (TPSA) is 98.5 Å². The van der Waals surface area contributed by atoms with Gasteiger partial charge in [0.05, 0.1) is 34.8 Å². The number of nitrogens with zero attached hydrogens (tertiary/aromatic N) is 1. The molecule has 0 spiro atoms. The molecule has 0 aromatic carbocycles. The maximum Gasteiger partial charge on any atom is 0.306 e. The molecular formula is C19H38N2O5S. The fourth-order valence-corrected chi connectivity index (χ4v) is 3.64. The first-order valence-corrected chi connectivity index (χ1v) is 11.3.